The molecule has 0 spiro atoms. The smallest absolute Gasteiger partial charge is 0.161 e. The highest BCUT2D eigenvalue weighted by Crippen LogP contribution is 2.39. The summed E-state index contributed by atoms with van der Waals surface area (Å²) in [6, 6.07) is 6.18. The summed E-state index contributed by atoms with van der Waals surface area (Å²) < 4.78 is 11.4. The van der Waals surface area contributed by atoms with Crippen molar-refractivity contribution in [3.63, 3.8) is 0 Å². The van der Waals surface area contributed by atoms with E-state index in [1.54, 1.807) is 11.3 Å². The Balaban J connectivity index is 1.72. The van der Waals surface area contributed by atoms with E-state index in [1.807, 2.05) is 12.1 Å². The molecule has 0 bridgehead atoms. The number of thiazole rings is 1. The van der Waals surface area contributed by atoms with Crippen LogP contribution in [0.1, 0.15) is 35.9 Å². The van der Waals surface area contributed by atoms with Gasteiger partial charge in [0, 0.05) is 22.9 Å². The number of aromatic nitrogens is 1. The van der Waals surface area contributed by atoms with E-state index in [0.717, 1.165) is 53.4 Å². The Morgan fingerprint density at radius 3 is 2.86 bits per heavy atom. The van der Waals surface area contributed by atoms with Crippen molar-refractivity contribution in [3.8, 4) is 22.1 Å². The van der Waals surface area contributed by atoms with Crippen molar-refractivity contribution in [1.29, 1.82) is 0 Å². The van der Waals surface area contributed by atoms with E-state index < -0.39 is 0 Å². The number of benzene rings is 1. The predicted molar refractivity (Wildman–Crippen MR) is 83.0 cm³/mol. The minimum absolute atomic E-state index is 0.0964. The lowest BCUT2D eigenvalue weighted by molar-refractivity contribution is 0.297. The van der Waals surface area contributed by atoms with Crippen molar-refractivity contribution >= 4 is 11.3 Å². The highest BCUT2D eigenvalue weighted by molar-refractivity contribution is 7.15. The SMILES string of the molecule is NC1CCCc2sc(-c3ccc4c(c3)OCCCO4)nc21. The van der Waals surface area contributed by atoms with E-state index in [1.165, 1.54) is 4.88 Å². The van der Waals surface area contributed by atoms with Crippen molar-refractivity contribution in [3.05, 3.63) is 28.8 Å². The second-order valence-electron chi connectivity index (χ2n) is 5.54. The Bertz CT molecular complexity index is 668. The molecule has 2 aliphatic rings. The van der Waals surface area contributed by atoms with Crippen molar-refractivity contribution in [2.24, 2.45) is 5.73 Å². The average molecular weight is 302 g/mol. The molecule has 0 saturated heterocycles. The molecule has 1 aliphatic heterocycles. The summed E-state index contributed by atoms with van der Waals surface area (Å²) >= 11 is 1.76. The van der Waals surface area contributed by atoms with Gasteiger partial charge in [-0.3, -0.25) is 0 Å². The third-order valence-electron chi connectivity index (χ3n) is 3.99. The first-order valence-corrected chi connectivity index (χ1v) is 8.28. The first-order chi connectivity index (χ1) is 10.3. The van der Waals surface area contributed by atoms with Crippen LogP contribution < -0.4 is 15.2 Å². The van der Waals surface area contributed by atoms with E-state index in [0.29, 0.717) is 13.2 Å². The highest BCUT2D eigenvalue weighted by Gasteiger charge is 2.22. The van der Waals surface area contributed by atoms with Crippen LogP contribution >= 0.6 is 11.3 Å². The van der Waals surface area contributed by atoms with Crippen LogP contribution in [0.25, 0.3) is 10.6 Å². The molecule has 21 heavy (non-hydrogen) atoms. The van der Waals surface area contributed by atoms with Crippen LogP contribution in [0.2, 0.25) is 0 Å². The van der Waals surface area contributed by atoms with E-state index >= 15 is 0 Å². The van der Waals surface area contributed by atoms with E-state index in [9.17, 15) is 0 Å². The Kier molecular flexibility index (Phi) is 3.31. The Morgan fingerprint density at radius 1 is 1.14 bits per heavy atom. The molecule has 2 aromatic rings. The Hall–Kier alpha value is -1.59. The maximum atomic E-state index is 6.17. The molecule has 0 radical (unpaired) electrons. The zero-order valence-corrected chi connectivity index (χ0v) is 12.6. The molecule has 110 valence electrons. The second-order valence-corrected chi connectivity index (χ2v) is 6.62. The molecule has 0 amide bonds. The van der Waals surface area contributed by atoms with Crippen LogP contribution in [0.5, 0.6) is 11.5 Å². The average Bonchev–Trinajstić information content (AvgIpc) is 2.80. The second kappa shape index (κ2) is 5.31. The molecule has 1 atom stereocenters. The maximum Gasteiger partial charge on any atom is 0.161 e. The molecular formula is C16H18N2O2S. The van der Waals surface area contributed by atoms with Gasteiger partial charge in [0.15, 0.2) is 11.5 Å². The molecule has 2 N–H and O–H groups in total. The fourth-order valence-corrected chi connectivity index (χ4v) is 4.04. The maximum absolute atomic E-state index is 6.17. The van der Waals surface area contributed by atoms with Crippen molar-refractivity contribution in [1.82, 2.24) is 4.98 Å². The first-order valence-electron chi connectivity index (χ1n) is 7.46. The molecule has 0 fully saturated rings. The minimum Gasteiger partial charge on any atom is -0.490 e. The van der Waals surface area contributed by atoms with Gasteiger partial charge >= 0.3 is 0 Å². The molecule has 4 nitrogen and oxygen atoms in total. The predicted octanol–water partition coefficient (Wildman–Crippen LogP) is 3.31. The molecule has 1 aromatic heterocycles. The quantitative estimate of drug-likeness (QED) is 0.878. The van der Waals surface area contributed by atoms with Crippen LogP contribution in [-0.4, -0.2) is 18.2 Å². The van der Waals surface area contributed by atoms with Gasteiger partial charge in [-0.2, -0.15) is 0 Å². The molecule has 0 saturated carbocycles. The van der Waals surface area contributed by atoms with Gasteiger partial charge in [0.05, 0.1) is 18.9 Å². The van der Waals surface area contributed by atoms with Gasteiger partial charge in [-0.25, -0.2) is 4.98 Å². The van der Waals surface area contributed by atoms with Crippen LogP contribution in [0, 0.1) is 0 Å². The van der Waals surface area contributed by atoms with Gasteiger partial charge in [0.2, 0.25) is 0 Å². The molecule has 4 rings (SSSR count). The van der Waals surface area contributed by atoms with Gasteiger partial charge in [-0.1, -0.05) is 0 Å². The molecular weight excluding hydrogens is 284 g/mol. The van der Waals surface area contributed by atoms with Gasteiger partial charge in [-0.05, 0) is 37.5 Å². The van der Waals surface area contributed by atoms with Gasteiger partial charge in [0.25, 0.3) is 0 Å². The summed E-state index contributed by atoms with van der Waals surface area (Å²) in [7, 11) is 0. The monoisotopic (exact) mass is 302 g/mol. The lowest BCUT2D eigenvalue weighted by atomic mass is 9.99. The number of fused-ring (bicyclic) bond motifs is 2. The largest absolute Gasteiger partial charge is 0.490 e. The van der Waals surface area contributed by atoms with Gasteiger partial charge in [0.1, 0.15) is 5.01 Å². The molecule has 5 heteroatoms. The number of ether oxygens (including phenoxy) is 2. The number of nitrogens with two attached hydrogens (primary N) is 1. The number of aryl methyl sites for hydroxylation is 1. The lowest BCUT2D eigenvalue weighted by Crippen LogP contribution is -2.16. The Morgan fingerprint density at radius 2 is 2.00 bits per heavy atom. The van der Waals surface area contributed by atoms with Crippen molar-refractivity contribution in [2.45, 2.75) is 31.7 Å². The van der Waals surface area contributed by atoms with Crippen molar-refractivity contribution < 1.29 is 9.47 Å². The zero-order valence-electron chi connectivity index (χ0n) is 11.8. The fourth-order valence-electron chi connectivity index (χ4n) is 2.87. The molecule has 2 heterocycles. The van der Waals surface area contributed by atoms with Gasteiger partial charge < -0.3 is 15.2 Å². The number of rotatable bonds is 1. The number of hydrogen-bond acceptors (Lipinski definition) is 5. The van der Waals surface area contributed by atoms with E-state index in [4.69, 9.17) is 20.2 Å². The normalized spacial score (nSPS) is 20.7. The highest BCUT2D eigenvalue weighted by atomic mass is 32.1. The topological polar surface area (TPSA) is 57.4 Å². The summed E-state index contributed by atoms with van der Waals surface area (Å²) in [6.07, 6.45) is 4.23. The van der Waals surface area contributed by atoms with Crippen molar-refractivity contribution in [2.75, 3.05) is 13.2 Å². The van der Waals surface area contributed by atoms with Gasteiger partial charge in [-0.15, -0.1) is 11.3 Å². The number of hydrogen-bond donors (Lipinski definition) is 1. The summed E-state index contributed by atoms with van der Waals surface area (Å²) in [5.41, 5.74) is 8.35. The van der Waals surface area contributed by atoms with Crippen LogP contribution in [0.4, 0.5) is 0 Å². The Labute approximate surface area is 127 Å². The summed E-state index contributed by atoms with van der Waals surface area (Å²) in [6.45, 7) is 1.42. The fraction of sp³-hybridized carbons (Fsp3) is 0.438. The zero-order chi connectivity index (χ0) is 14.2. The third-order valence-corrected chi connectivity index (χ3v) is 5.17. The van der Waals surface area contributed by atoms with Crippen LogP contribution in [0.15, 0.2) is 18.2 Å². The van der Waals surface area contributed by atoms with E-state index in [2.05, 4.69) is 6.07 Å². The lowest BCUT2D eigenvalue weighted by Gasteiger charge is -2.15. The molecule has 1 aliphatic carbocycles. The summed E-state index contributed by atoms with van der Waals surface area (Å²) in [5, 5.41) is 1.04. The molecule has 1 aromatic carbocycles. The summed E-state index contributed by atoms with van der Waals surface area (Å²) in [4.78, 5) is 6.11. The third kappa shape index (κ3) is 2.40. The van der Waals surface area contributed by atoms with Crippen LogP contribution in [-0.2, 0) is 6.42 Å². The standard InChI is InChI=1S/C16H18N2O2S/c17-11-3-1-4-14-15(11)18-16(21-14)10-5-6-12-13(9-10)20-8-2-7-19-12/h5-6,9,11H,1-4,7-8,17H2. The minimum atomic E-state index is 0.0964. The first kappa shape index (κ1) is 13.1. The number of nitrogens with zero attached hydrogens (tertiary/aromatic N) is 1. The van der Waals surface area contributed by atoms with Crippen LogP contribution in [0.3, 0.4) is 0 Å². The van der Waals surface area contributed by atoms with E-state index in [-0.39, 0.29) is 6.04 Å². The summed E-state index contributed by atoms with van der Waals surface area (Å²) in [5.74, 6) is 1.65. The molecule has 1 unspecified atom stereocenters.